The van der Waals surface area contributed by atoms with Crippen molar-refractivity contribution < 1.29 is 4.79 Å². The molecule has 1 aliphatic rings. The average Bonchev–Trinajstić information content (AvgIpc) is 3.06. The molecule has 0 N–H and O–H groups in total. The molecule has 2 aromatic rings. The first-order valence-corrected chi connectivity index (χ1v) is 7.60. The van der Waals surface area contributed by atoms with Crippen LogP contribution in [0.1, 0.15) is 44.7 Å². The molecule has 0 saturated heterocycles. The number of aromatic nitrogens is 2. The lowest BCUT2D eigenvalue weighted by Gasteiger charge is -2.25. The van der Waals surface area contributed by atoms with Crippen molar-refractivity contribution in [1.82, 2.24) is 9.78 Å². The van der Waals surface area contributed by atoms with Crippen LogP contribution in [0, 0.1) is 5.41 Å². The number of Topliss-reactive ketones (excluding diaryl/α,β-unsaturated/α-hetero) is 1. The summed E-state index contributed by atoms with van der Waals surface area (Å²) in [4.78, 5) is 12.8. The molecule has 3 nitrogen and oxygen atoms in total. The Labute approximate surface area is 120 Å². The highest BCUT2D eigenvalue weighted by Crippen LogP contribution is 2.42. The predicted molar refractivity (Wildman–Crippen MR) is 80.6 cm³/mol. The van der Waals surface area contributed by atoms with E-state index in [-0.39, 0.29) is 5.41 Å². The van der Waals surface area contributed by atoms with Crippen LogP contribution in [-0.2, 0) is 18.3 Å². The van der Waals surface area contributed by atoms with Crippen LogP contribution in [0.5, 0.6) is 0 Å². The maximum Gasteiger partial charge on any atom is 0.145 e. The number of benzene rings is 1. The largest absolute Gasteiger partial charge is 0.299 e. The van der Waals surface area contributed by atoms with Gasteiger partial charge in [0.15, 0.2) is 0 Å². The molecule has 1 saturated carbocycles. The summed E-state index contributed by atoms with van der Waals surface area (Å²) >= 11 is 0. The van der Waals surface area contributed by atoms with E-state index in [1.807, 2.05) is 23.9 Å². The second-order valence-electron chi connectivity index (χ2n) is 6.03. The first kappa shape index (κ1) is 13.3. The number of ketones is 1. The van der Waals surface area contributed by atoms with Gasteiger partial charge in [-0.25, -0.2) is 0 Å². The van der Waals surface area contributed by atoms with Gasteiger partial charge in [-0.2, -0.15) is 5.10 Å². The van der Waals surface area contributed by atoms with E-state index in [1.165, 1.54) is 12.8 Å². The van der Waals surface area contributed by atoms with Gasteiger partial charge >= 0.3 is 0 Å². The number of carbonyl (C=O) groups excluding carboxylic acids is 1. The van der Waals surface area contributed by atoms with E-state index in [1.54, 1.807) is 0 Å². The van der Waals surface area contributed by atoms with Crippen molar-refractivity contribution in [2.24, 2.45) is 12.5 Å². The quantitative estimate of drug-likeness (QED) is 0.850. The highest BCUT2D eigenvalue weighted by Gasteiger charge is 2.39. The number of hydrogen-bond donors (Lipinski definition) is 0. The first-order chi connectivity index (χ1) is 9.66. The van der Waals surface area contributed by atoms with Gasteiger partial charge in [0.1, 0.15) is 5.78 Å². The Morgan fingerprint density at radius 3 is 2.70 bits per heavy atom. The molecule has 3 rings (SSSR count). The molecule has 106 valence electrons. The molecule has 3 heteroatoms. The lowest BCUT2D eigenvalue weighted by Crippen LogP contribution is -2.29. The molecule has 0 radical (unpaired) electrons. The van der Waals surface area contributed by atoms with Crippen LogP contribution >= 0.6 is 0 Å². The van der Waals surface area contributed by atoms with Gasteiger partial charge in [0.2, 0.25) is 0 Å². The average molecular weight is 270 g/mol. The number of para-hydroxylation sites is 1. The molecule has 0 bridgehead atoms. The molecule has 20 heavy (non-hydrogen) atoms. The van der Waals surface area contributed by atoms with E-state index >= 15 is 0 Å². The summed E-state index contributed by atoms with van der Waals surface area (Å²) in [5.41, 5.74) is 1.97. The van der Waals surface area contributed by atoms with E-state index in [0.29, 0.717) is 12.2 Å². The molecule has 0 spiro atoms. The zero-order chi connectivity index (χ0) is 14.2. The first-order valence-electron chi connectivity index (χ1n) is 7.60. The standard InChI is InChI=1S/C17H22N2O/c1-3-17(10-6-7-11-17)16(20)12-14-13-8-4-5-9-15(13)19(2)18-14/h4-5,8-9H,3,6-7,10-12H2,1-2H3. The number of hydrogen-bond acceptors (Lipinski definition) is 2. The van der Waals surface area contributed by atoms with Crippen LogP contribution in [0.2, 0.25) is 0 Å². The van der Waals surface area contributed by atoms with Gasteiger partial charge < -0.3 is 0 Å². The van der Waals surface area contributed by atoms with E-state index in [9.17, 15) is 4.79 Å². The second-order valence-corrected chi connectivity index (χ2v) is 6.03. The fourth-order valence-corrected chi connectivity index (χ4v) is 3.64. The van der Waals surface area contributed by atoms with Crippen molar-refractivity contribution in [3.8, 4) is 0 Å². The Hall–Kier alpha value is -1.64. The molecule has 1 aromatic heterocycles. The monoisotopic (exact) mass is 270 g/mol. The molecule has 1 fully saturated rings. The van der Waals surface area contributed by atoms with E-state index < -0.39 is 0 Å². The fourth-order valence-electron chi connectivity index (χ4n) is 3.64. The van der Waals surface area contributed by atoms with Gasteiger partial charge in [0.05, 0.1) is 17.6 Å². The molecule has 0 atom stereocenters. The van der Waals surface area contributed by atoms with Crippen LogP contribution in [0.25, 0.3) is 10.9 Å². The van der Waals surface area contributed by atoms with Crippen LogP contribution in [-0.4, -0.2) is 15.6 Å². The predicted octanol–water partition coefficient (Wildman–Crippen LogP) is 3.66. The van der Waals surface area contributed by atoms with Crippen molar-refractivity contribution in [1.29, 1.82) is 0 Å². The third-order valence-corrected chi connectivity index (χ3v) is 4.99. The summed E-state index contributed by atoms with van der Waals surface area (Å²) in [5, 5.41) is 5.68. The Balaban J connectivity index is 1.91. The SMILES string of the molecule is CCC1(C(=O)Cc2nn(C)c3ccccc23)CCCC1. The second kappa shape index (κ2) is 5.04. The van der Waals surface area contributed by atoms with Crippen molar-refractivity contribution >= 4 is 16.7 Å². The number of aryl methyl sites for hydroxylation is 1. The fraction of sp³-hybridized carbons (Fsp3) is 0.529. The molecule has 0 unspecified atom stereocenters. The van der Waals surface area contributed by atoms with Crippen LogP contribution in [0.4, 0.5) is 0 Å². The minimum Gasteiger partial charge on any atom is -0.299 e. The van der Waals surface area contributed by atoms with Gasteiger partial charge in [-0.15, -0.1) is 0 Å². The number of nitrogens with zero attached hydrogens (tertiary/aromatic N) is 2. The van der Waals surface area contributed by atoms with E-state index in [2.05, 4.69) is 24.2 Å². The Kier molecular flexibility index (Phi) is 3.36. The third kappa shape index (κ3) is 2.05. The van der Waals surface area contributed by atoms with Gasteiger partial charge in [-0.1, -0.05) is 38.0 Å². The summed E-state index contributed by atoms with van der Waals surface area (Å²) in [6.07, 6.45) is 5.97. The van der Waals surface area contributed by atoms with Crippen LogP contribution in [0.15, 0.2) is 24.3 Å². The van der Waals surface area contributed by atoms with Crippen molar-refractivity contribution in [2.75, 3.05) is 0 Å². The Morgan fingerprint density at radius 2 is 2.00 bits per heavy atom. The molecule has 1 heterocycles. The molecule has 0 aliphatic heterocycles. The highest BCUT2D eigenvalue weighted by atomic mass is 16.1. The molecule has 1 aromatic carbocycles. The van der Waals surface area contributed by atoms with Crippen molar-refractivity contribution in [3.63, 3.8) is 0 Å². The number of fused-ring (bicyclic) bond motifs is 1. The maximum atomic E-state index is 12.8. The maximum absolute atomic E-state index is 12.8. The summed E-state index contributed by atoms with van der Waals surface area (Å²) in [6.45, 7) is 2.15. The van der Waals surface area contributed by atoms with Crippen molar-refractivity contribution in [2.45, 2.75) is 45.4 Å². The van der Waals surface area contributed by atoms with E-state index in [0.717, 1.165) is 35.9 Å². The van der Waals surface area contributed by atoms with E-state index in [4.69, 9.17) is 0 Å². The van der Waals surface area contributed by atoms with Crippen LogP contribution < -0.4 is 0 Å². The topological polar surface area (TPSA) is 34.9 Å². The van der Waals surface area contributed by atoms with Crippen molar-refractivity contribution in [3.05, 3.63) is 30.0 Å². The Bertz CT molecular complexity index is 635. The van der Waals surface area contributed by atoms with Gasteiger partial charge in [0.25, 0.3) is 0 Å². The molecular formula is C17H22N2O. The smallest absolute Gasteiger partial charge is 0.145 e. The summed E-state index contributed by atoms with van der Waals surface area (Å²) in [5.74, 6) is 0.390. The van der Waals surface area contributed by atoms with Gasteiger partial charge in [-0.05, 0) is 25.3 Å². The van der Waals surface area contributed by atoms with Gasteiger partial charge in [-0.3, -0.25) is 9.48 Å². The lowest BCUT2D eigenvalue weighted by molar-refractivity contribution is -0.128. The molecule has 0 amide bonds. The van der Waals surface area contributed by atoms with Crippen LogP contribution in [0.3, 0.4) is 0 Å². The van der Waals surface area contributed by atoms with Gasteiger partial charge in [0, 0.05) is 17.8 Å². The Morgan fingerprint density at radius 1 is 1.30 bits per heavy atom. The summed E-state index contributed by atoms with van der Waals surface area (Å²) in [6, 6.07) is 8.16. The highest BCUT2D eigenvalue weighted by molar-refractivity contribution is 5.91. The third-order valence-electron chi connectivity index (χ3n) is 4.99. The molecule has 1 aliphatic carbocycles. The minimum absolute atomic E-state index is 0.0708. The molecular weight excluding hydrogens is 248 g/mol. The lowest BCUT2D eigenvalue weighted by atomic mass is 9.77. The minimum atomic E-state index is -0.0708. The number of rotatable bonds is 4. The summed E-state index contributed by atoms with van der Waals surface area (Å²) < 4.78 is 1.88. The number of carbonyl (C=O) groups is 1. The normalized spacial score (nSPS) is 17.7. The summed E-state index contributed by atoms with van der Waals surface area (Å²) in [7, 11) is 1.95. The zero-order valence-electron chi connectivity index (χ0n) is 12.4. The zero-order valence-corrected chi connectivity index (χ0v) is 12.4.